The lowest BCUT2D eigenvalue weighted by atomic mass is 9.97. The van der Waals surface area contributed by atoms with Crippen molar-refractivity contribution < 1.29 is 9.72 Å². The van der Waals surface area contributed by atoms with Crippen molar-refractivity contribution in [2.24, 2.45) is 5.92 Å². The second-order valence-corrected chi connectivity index (χ2v) is 6.52. The van der Waals surface area contributed by atoms with Crippen LogP contribution in [-0.2, 0) is 0 Å². The Bertz CT molecular complexity index is 794. The smallest absolute Gasteiger partial charge is 0.270 e. The number of piperidine rings is 1. The molecule has 3 rings (SSSR count). The molecule has 9 heteroatoms. The third-order valence-electron chi connectivity index (χ3n) is 4.41. The van der Waals surface area contributed by atoms with Crippen LogP contribution in [0.5, 0.6) is 0 Å². The Hall–Kier alpha value is -2.74. The Labute approximate surface area is 155 Å². The fourth-order valence-corrected chi connectivity index (χ4v) is 3.13. The molecule has 1 aliphatic rings. The van der Waals surface area contributed by atoms with Gasteiger partial charge in [-0.2, -0.15) is 0 Å². The average Bonchev–Trinajstić information content (AvgIpc) is 2.67. The van der Waals surface area contributed by atoms with E-state index in [4.69, 9.17) is 11.6 Å². The first-order valence-electron chi connectivity index (χ1n) is 8.28. The van der Waals surface area contributed by atoms with Crippen LogP contribution in [-0.4, -0.2) is 40.4 Å². The van der Waals surface area contributed by atoms with Gasteiger partial charge in [-0.05, 0) is 30.9 Å². The van der Waals surface area contributed by atoms with Crippen molar-refractivity contribution in [2.75, 3.05) is 24.5 Å². The first-order valence-corrected chi connectivity index (χ1v) is 8.66. The van der Waals surface area contributed by atoms with Gasteiger partial charge in [0, 0.05) is 44.2 Å². The van der Waals surface area contributed by atoms with Gasteiger partial charge in [-0.3, -0.25) is 14.9 Å². The van der Waals surface area contributed by atoms with Gasteiger partial charge in [0.15, 0.2) is 0 Å². The number of halogens is 1. The summed E-state index contributed by atoms with van der Waals surface area (Å²) in [7, 11) is 0. The van der Waals surface area contributed by atoms with E-state index in [1.165, 1.54) is 18.2 Å². The average molecular weight is 376 g/mol. The van der Waals surface area contributed by atoms with E-state index in [2.05, 4.69) is 20.2 Å². The molecule has 1 aromatic heterocycles. The van der Waals surface area contributed by atoms with E-state index in [9.17, 15) is 14.9 Å². The number of benzene rings is 1. The summed E-state index contributed by atoms with van der Waals surface area (Å²) in [5, 5.41) is 13.9. The van der Waals surface area contributed by atoms with Crippen molar-refractivity contribution in [1.29, 1.82) is 0 Å². The summed E-state index contributed by atoms with van der Waals surface area (Å²) in [5.41, 5.74) is -0.0355. The van der Waals surface area contributed by atoms with Gasteiger partial charge in [-0.25, -0.2) is 9.97 Å². The molecule has 0 aliphatic carbocycles. The predicted octanol–water partition coefficient (Wildman–Crippen LogP) is 2.68. The molecule has 0 saturated carbocycles. The number of nitro benzene ring substituents is 1. The molecule has 2 heterocycles. The molecular formula is C17H18ClN5O3. The molecule has 0 spiro atoms. The Kier molecular flexibility index (Phi) is 5.62. The highest BCUT2D eigenvalue weighted by atomic mass is 35.5. The van der Waals surface area contributed by atoms with E-state index in [-0.39, 0.29) is 16.3 Å². The van der Waals surface area contributed by atoms with Gasteiger partial charge in [0.25, 0.3) is 11.6 Å². The molecule has 0 bridgehead atoms. The second kappa shape index (κ2) is 8.09. The summed E-state index contributed by atoms with van der Waals surface area (Å²) < 4.78 is 0. The summed E-state index contributed by atoms with van der Waals surface area (Å²) >= 11 is 6.00. The van der Waals surface area contributed by atoms with Crippen LogP contribution >= 0.6 is 11.6 Å². The molecule has 0 unspecified atom stereocenters. The molecule has 1 N–H and O–H groups in total. The first kappa shape index (κ1) is 18.1. The van der Waals surface area contributed by atoms with Crippen molar-refractivity contribution in [1.82, 2.24) is 15.3 Å². The maximum atomic E-state index is 12.3. The van der Waals surface area contributed by atoms with Crippen LogP contribution in [0.3, 0.4) is 0 Å². The lowest BCUT2D eigenvalue weighted by Gasteiger charge is -2.31. The van der Waals surface area contributed by atoms with E-state index < -0.39 is 10.8 Å². The molecule has 2 aromatic rings. The summed E-state index contributed by atoms with van der Waals surface area (Å²) in [4.78, 5) is 33.2. The third-order valence-corrected chi connectivity index (χ3v) is 4.74. The number of hydrogen-bond donors (Lipinski definition) is 1. The molecule has 0 radical (unpaired) electrons. The zero-order valence-electron chi connectivity index (χ0n) is 14.0. The number of nitro groups is 1. The van der Waals surface area contributed by atoms with E-state index in [0.717, 1.165) is 31.9 Å². The topological polar surface area (TPSA) is 101 Å². The molecule has 1 fully saturated rings. The molecule has 1 saturated heterocycles. The van der Waals surface area contributed by atoms with Gasteiger partial charge < -0.3 is 10.2 Å². The Balaban J connectivity index is 1.53. The van der Waals surface area contributed by atoms with Crippen LogP contribution < -0.4 is 10.2 Å². The Morgan fingerprint density at radius 2 is 2.00 bits per heavy atom. The lowest BCUT2D eigenvalue weighted by Crippen LogP contribution is -2.39. The van der Waals surface area contributed by atoms with E-state index in [1.54, 1.807) is 18.5 Å². The number of rotatable bonds is 5. The molecule has 1 aliphatic heterocycles. The number of anilines is 1. The van der Waals surface area contributed by atoms with Crippen molar-refractivity contribution in [3.63, 3.8) is 0 Å². The molecule has 1 amide bonds. The van der Waals surface area contributed by atoms with Crippen molar-refractivity contribution in [3.8, 4) is 0 Å². The lowest BCUT2D eigenvalue weighted by molar-refractivity contribution is -0.384. The molecule has 26 heavy (non-hydrogen) atoms. The van der Waals surface area contributed by atoms with Crippen molar-refractivity contribution >= 4 is 29.1 Å². The fourth-order valence-electron chi connectivity index (χ4n) is 2.92. The number of nitrogens with zero attached hydrogens (tertiary/aromatic N) is 4. The van der Waals surface area contributed by atoms with Crippen LogP contribution in [0.1, 0.15) is 23.2 Å². The standard InChI is InChI=1S/C17H18ClN5O3/c18-15-3-2-13(23(25)26)10-14(15)16(24)21-11-12-4-8-22(9-5-12)17-19-6-1-7-20-17/h1-3,6-7,10,12H,4-5,8-9,11H2,(H,21,24). The zero-order chi connectivity index (χ0) is 18.5. The number of hydrogen-bond acceptors (Lipinski definition) is 6. The molecular weight excluding hydrogens is 358 g/mol. The largest absolute Gasteiger partial charge is 0.352 e. The minimum atomic E-state index is -0.547. The quantitative estimate of drug-likeness (QED) is 0.636. The number of nitrogens with one attached hydrogen (secondary N) is 1. The highest BCUT2D eigenvalue weighted by Crippen LogP contribution is 2.23. The second-order valence-electron chi connectivity index (χ2n) is 6.11. The van der Waals surface area contributed by atoms with Gasteiger partial charge in [0.1, 0.15) is 0 Å². The number of non-ortho nitro benzene ring substituents is 1. The number of aromatic nitrogens is 2. The maximum Gasteiger partial charge on any atom is 0.270 e. The Morgan fingerprint density at radius 3 is 2.65 bits per heavy atom. The molecule has 0 atom stereocenters. The maximum absolute atomic E-state index is 12.3. The van der Waals surface area contributed by atoms with Crippen LogP contribution in [0, 0.1) is 16.0 Å². The SMILES string of the molecule is O=C(NCC1CCN(c2ncccn2)CC1)c1cc([N+](=O)[O-])ccc1Cl. The summed E-state index contributed by atoms with van der Waals surface area (Å²) in [6, 6.07) is 5.63. The molecule has 1 aromatic carbocycles. The van der Waals surface area contributed by atoms with Crippen LogP contribution in [0.4, 0.5) is 11.6 Å². The summed E-state index contributed by atoms with van der Waals surface area (Å²) in [5.74, 6) is 0.655. The summed E-state index contributed by atoms with van der Waals surface area (Å²) in [6.45, 7) is 2.14. The zero-order valence-corrected chi connectivity index (χ0v) is 14.7. The number of carbonyl (C=O) groups excluding carboxylic acids is 1. The van der Waals surface area contributed by atoms with Gasteiger partial charge >= 0.3 is 0 Å². The minimum Gasteiger partial charge on any atom is -0.352 e. The summed E-state index contributed by atoms with van der Waals surface area (Å²) in [6.07, 6.45) is 5.25. The highest BCUT2D eigenvalue weighted by Gasteiger charge is 2.22. The van der Waals surface area contributed by atoms with Crippen molar-refractivity contribution in [3.05, 3.63) is 57.4 Å². The first-order chi connectivity index (χ1) is 12.5. The van der Waals surface area contributed by atoms with Crippen molar-refractivity contribution in [2.45, 2.75) is 12.8 Å². The highest BCUT2D eigenvalue weighted by molar-refractivity contribution is 6.33. The number of amides is 1. The van der Waals surface area contributed by atoms with Crippen LogP contribution in [0.25, 0.3) is 0 Å². The normalized spacial score (nSPS) is 14.9. The fraction of sp³-hybridized carbons (Fsp3) is 0.353. The Morgan fingerprint density at radius 1 is 1.31 bits per heavy atom. The van der Waals surface area contributed by atoms with Gasteiger partial charge in [0.05, 0.1) is 15.5 Å². The van der Waals surface area contributed by atoms with Crippen LogP contribution in [0.2, 0.25) is 5.02 Å². The third kappa shape index (κ3) is 4.26. The molecule has 8 nitrogen and oxygen atoms in total. The molecule has 136 valence electrons. The van der Waals surface area contributed by atoms with Gasteiger partial charge in [-0.15, -0.1) is 0 Å². The monoisotopic (exact) mass is 375 g/mol. The van der Waals surface area contributed by atoms with E-state index >= 15 is 0 Å². The van der Waals surface area contributed by atoms with E-state index in [1.807, 2.05) is 0 Å². The van der Waals surface area contributed by atoms with Crippen LogP contribution in [0.15, 0.2) is 36.7 Å². The number of carbonyl (C=O) groups is 1. The van der Waals surface area contributed by atoms with Gasteiger partial charge in [-0.1, -0.05) is 11.6 Å². The minimum absolute atomic E-state index is 0.121. The van der Waals surface area contributed by atoms with Gasteiger partial charge in [0.2, 0.25) is 5.95 Å². The predicted molar refractivity (Wildman–Crippen MR) is 97.4 cm³/mol. The van der Waals surface area contributed by atoms with E-state index in [0.29, 0.717) is 12.5 Å².